The van der Waals surface area contributed by atoms with Crippen LogP contribution in [-0.2, 0) is 4.74 Å². The second-order valence-electron chi connectivity index (χ2n) is 6.58. The third-order valence-electron chi connectivity index (χ3n) is 4.29. The molecule has 144 valence electrons. The molecule has 3 aromatic rings. The number of hydrogen-bond donors (Lipinski definition) is 3. The van der Waals surface area contributed by atoms with Gasteiger partial charge in [0.05, 0.1) is 12.7 Å². The molecule has 0 bridgehead atoms. The van der Waals surface area contributed by atoms with Crippen molar-refractivity contribution >= 4 is 34.7 Å². The Morgan fingerprint density at radius 1 is 0.929 bits per heavy atom. The number of nitrogens with one attached hydrogen (secondary N) is 2. The molecule has 0 spiro atoms. The van der Waals surface area contributed by atoms with Crippen LogP contribution in [0.5, 0.6) is 0 Å². The van der Waals surface area contributed by atoms with E-state index in [4.69, 9.17) is 10.5 Å². The summed E-state index contributed by atoms with van der Waals surface area (Å²) in [4.78, 5) is 20.0. The number of hydrogen-bond acceptors (Lipinski definition) is 7. The maximum absolute atomic E-state index is 11.5. The number of nitrogens with zero attached hydrogens (tertiary/aromatic N) is 2. The van der Waals surface area contributed by atoms with Crippen molar-refractivity contribution in [2.45, 2.75) is 19.8 Å². The molecule has 3 rings (SSSR count). The van der Waals surface area contributed by atoms with Crippen LogP contribution in [0.3, 0.4) is 0 Å². The quantitative estimate of drug-likeness (QED) is 0.545. The number of benzene rings is 2. The largest absolute Gasteiger partial charge is 0.465 e. The standard InChI is InChI=1S/C21H23N5O2/c1-13(2)14-4-8-16(9-5-14)25-19-18(22)20(24-12-23-19)26-17-10-6-15(7-11-17)21(27)28-3/h4-13H,22H2,1-3H3,(H2,23,24,25,26). The summed E-state index contributed by atoms with van der Waals surface area (Å²) in [6, 6.07) is 15.0. The van der Waals surface area contributed by atoms with E-state index in [0.29, 0.717) is 28.8 Å². The number of ether oxygens (including phenoxy) is 1. The highest BCUT2D eigenvalue weighted by Gasteiger charge is 2.10. The minimum absolute atomic E-state index is 0.386. The van der Waals surface area contributed by atoms with E-state index in [1.165, 1.54) is 19.0 Å². The van der Waals surface area contributed by atoms with E-state index >= 15 is 0 Å². The monoisotopic (exact) mass is 377 g/mol. The zero-order chi connectivity index (χ0) is 20.1. The number of nitrogen functional groups attached to an aromatic ring is 1. The van der Waals surface area contributed by atoms with Gasteiger partial charge in [-0.2, -0.15) is 0 Å². The van der Waals surface area contributed by atoms with Crippen molar-refractivity contribution in [3.8, 4) is 0 Å². The molecule has 0 amide bonds. The number of carbonyl (C=O) groups excluding carboxylic acids is 1. The molecule has 1 heterocycles. The lowest BCUT2D eigenvalue weighted by Gasteiger charge is -2.13. The van der Waals surface area contributed by atoms with Crippen LogP contribution in [0.4, 0.5) is 28.7 Å². The first-order chi connectivity index (χ1) is 13.5. The highest BCUT2D eigenvalue weighted by molar-refractivity contribution is 5.90. The summed E-state index contributed by atoms with van der Waals surface area (Å²) in [6.07, 6.45) is 1.44. The lowest BCUT2D eigenvalue weighted by molar-refractivity contribution is 0.0601. The number of nitrogens with two attached hydrogens (primary N) is 1. The van der Waals surface area contributed by atoms with Crippen LogP contribution in [0.2, 0.25) is 0 Å². The Balaban J connectivity index is 1.76. The highest BCUT2D eigenvalue weighted by atomic mass is 16.5. The van der Waals surface area contributed by atoms with Gasteiger partial charge in [0.15, 0.2) is 11.6 Å². The summed E-state index contributed by atoms with van der Waals surface area (Å²) in [5.74, 6) is 1.07. The van der Waals surface area contributed by atoms with Crippen molar-refractivity contribution in [2.24, 2.45) is 0 Å². The van der Waals surface area contributed by atoms with Crippen LogP contribution >= 0.6 is 0 Å². The van der Waals surface area contributed by atoms with Crippen molar-refractivity contribution in [3.63, 3.8) is 0 Å². The molecule has 0 aliphatic carbocycles. The average molecular weight is 377 g/mol. The fourth-order valence-electron chi connectivity index (χ4n) is 2.63. The minimum Gasteiger partial charge on any atom is -0.465 e. The van der Waals surface area contributed by atoms with E-state index in [2.05, 4.69) is 46.6 Å². The summed E-state index contributed by atoms with van der Waals surface area (Å²) in [7, 11) is 1.35. The third-order valence-corrected chi connectivity index (χ3v) is 4.29. The van der Waals surface area contributed by atoms with E-state index in [0.717, 1.165) is 11.4 Å². The number of rotatable bonds is 6. The SMILES string of the molecule is COC(=O)c1ccc(Nc2ncnc(Nc3ccc(C(C)C)cc3)c2N)cc1. The van der Waals surface area contributed by atoms with Gasteiger partial charge in [0, 0.05) is 11.4 Å². The topological polar surface area (TPSA) is 102 Å². The van der Waals surface area contributed by atoms with E-state index < -0.39 is 0 Å². The van der Waals surface area contributed by atoms with E-state index in [1.807, 2.05) is 12.1 Å². The minimum atomic E-state index is -0.386. The number of aromatic nitrogens is 2. The van der Waals surface area contributed by atoms with E-state index in [9.17, 15) is 4.79 Å². The molecular weight excluding hydrogens is 354 g/mol. The van der Waals surface area contributed by atoms with Crippen LogP contribution in [0, 0.1) is 0 Å². The Labute approximate surface area is 164 Å². The molecule has 4 N–H and O–H groups in total. The smallest absolute Gasteiger partial charge is 0.337 e. The van der Waals surface area contributed by atoms with Gasteiger partial charge in [-0.1, -0.05) is 26.0 Å². The molecule has 2 aromatic carbocycles. The van der Waals surface area contributed by atoms with Gasteiger partial charge in [0.25, 0.3) is 0 Å². The Morgan fingerprint density at radius 3 is 1.89 bits per heavy atom. The number of anilines is 5. The molecule has 0 radical (unpaired) electrons. The second-order valence-corrected chi connectivity index (χ2v) is 6.58. The van der Waals surface area contributed by atoms with Crippen LogP contribution in [0.15, 0.2) is 54.9 Å². The lowest BCUT2D eigenvalue weighted by atomic mass is 10.0. The van der Waals surface area contributed by atoms with Crippen LogP contribution < -0.4 is 16.4 Å². The molecule has 0 aliphatic heterocycles. The predicted octanol–water partition coefficient (Wildman–Crippen LogP) is 4.46. The van der Waals surface area contributed by atoms with Crippen molar-refractivity contribution in [1.82, 2.24) is 9.97 Å². The van der Waals surface area contributed by atoms with Crippen molar-refractivity contribution < 1.29 is 9.53 Å². The molecule has 7 nitrogen and oxygen atoms in total. The summed E-state index contributed by atoms with van der Waals surface area (Å²) in [5.41, 5.74) is 9.99. The molecular formula is C21H23N5O2. The van der Waals surface area contributed by atoms with Crippen LogP contribution in [0.1, 0.15) is 35.7 Å². The van der Waals surface area contributed by atoms with Crippen LogP contribution in [0.25, 0.3) is 0 Å². The fourth-order valence-corrected chi connectivity index (χ4v) is 2.63. The Bertz CT molecular complexity index is 954. The van der Waals surface area contributed by atoms with Gasteiger partial charge in [-0.05, 0) is 47.9 Å². The van der Waals surface area contributed by atoms with Gasteiger partial charge in [0.1, 0.15) is 12.0 Å². The van der Waals surface area contributed by atoms with Crippen molar-refractivity contribution in [1.29, 1.82) is 0 Å². The van der Waals surface area contributed by atoms with Gasteiger partial charge >= 0.3 is 5.97 Å². The maximum Gasteiger partial charge on any atom is 0.337 e. The molecule has 1 aromatic heterocycles. The van der Waals surface area contributed by atoms with Gasteiger partial charge in [-0.15, -0.1) is 0 Å². The third kappa shape index (κ3) is 4.37. The fraction of sp³-hybridized carbons (Fsp3) is 0.190. The molecule has 0 unspecified atom stereocenters. The average Bonchev–Trinajstić information content (AvgIpc) is 2.71. The van der Waals surface area contributed by atoms with Gasteiger partial charge in [-0.25, -0.2) is 14.8 Å². The molecule has 0 fully saturated rings. The summed E-state index contributed by atoms with van der Waals surface area (Å²) in [5, 5.41) is 6.36. The number of esters is 1. The van der Waals surface area contributed by atoms with Crippen molar-refractivity contribution in [3.05, 3.63) is 66.0 Å². The molecule has 0 aliphatic rings. The second kappa shape index (κ2) is 8.39. The summed E-state index contributed by atoms with van der Waals surface area (Å²) >= 11 is 0. The molecule has 0 atom stereocenters. The van der Waals surface area contributed by atoms with Gasteiger partial charge in [0.2, 0.25) is 0 Å². The summed E-state index contributed by atoms with van der Waals surface area (Å²) in [6.45, 7) is 4.31. The first-order valence-corrected chi connectivity index (χ1v) is 8.90. The first-order valence-electron chi connectivity index (χ1n) is 8.90. The Kier molecular flexibility index (Phi) is 5.74. The molecule has 0 saturated carbocycles. The Hall–Kier alpha value is -3.61. The molecule has 7 heteroatoms. The van der Waals surface area contributed by atoms with Crippen LogP contribution in [-0.4, -0.2) is 23.0 Å². The van der Waals surface area contributed by atoms with E-state index in [-0.39, 0.29) is 5.97 Å². The van der Waals surface area contributed by atoms with Gasteiger partial charge in [-0.3, -0.25) is 0 Å². The van der Waals surface area contributed by atoms with Gasteiger partial charge < -0.3 is 21.1 Å². The molecule has 0 saturated heterocycles. The Morgan fingerprint density at radius 2 is 1.43 bits per heavy atom. The normalized spacial score (nSPS) is 10.6. The number of methoxy groups -OCH3 is 1. The zero-order valence-electron chi connectivity index (χ0n) is 16.1. The van der Waals surface area contributed by atoms with E-state index in [1.54, 1.807) is 24.3 Å². The first kappa shape index (κ1) is 19.2. The number of carbonyl (C=O) groups is 1. The highest BCUT2D eigenvalue weighted by Crippen LogP contribution is 2.28. The van der Waals surface area contributed by atoms with Crippen molar-refractivity contribution in [2.75, 3.05) is 23.5 Å². The zero-order valence-corrected chi connectivity index (χ0v) is 16.1. The lowest BCUT2D eigenvalue weighted by Crippen LogP contribution is -2.05. The predicted molar refractivity (Wildman–Crippen MR) is 111 cm³/mol. The molecule has 28 heavy (non-hydrogen) atoms. The maximum atomic E-state index is 11.5. The summed E-state index contributed by atoms with van der Waals surface area (Å²) < 4.78 is 4.70.